The summed E-state index contributed by atoms with van der Waals surface area (Å²) in [6.45, 7) is 0. The highest BCUT2D eigenvalue weighted by Gasteiger charge is 2.35. The summed E-state index contributed by atoms with van der Waals surface area (Å²) in [6, 6.07) is 1.13. The minimum Gasteiger partial charge on any atom is -0.271 e. The second kappa shape index (κ2) is 5.95. The lowest BCUT2D eigenvalue weighted by Gasteiger charge is -2.16. The number of nitrogens with one attached hydrogen (secondary N) is 1. The van der Waals surface area contributed by atoms with Crippen LogP contribution in [0.2, 0.25) is 0 Å². The molecule has 0 saturated heterocycles. The smallest absolute Gasteiger partial charge is 0.271 e. The zero-order valence-electron chi connectivity index (χ0n) is 10.0. The van der Waals surface area contributed by atoms with Crippen LogP contribution in [0.3, 0.4) is 0 Å². The number of aromatic nitrogens is 1. The van der Waals surface area contributed by atoms with Crippen LogP contribution in [0.25, 0.3) is 0 Å². The van der Waals surface area contributed by atoms with Crippen LogP contribution in [0, 0.1) is 11.6 Å². The van der Waals surface area contributed by atoms with E-state index in [1.165, 1.54) is 6.07 Å². The van der Waals surface area contributed by atoms with Gasteiger partial charge in [-0.15, -0.1) is 11.3 Å². The largest absolute Gasteiger partial charge is 0.443 e. The first-order chi connectivity index (χ1) is 9.75. The number of nitrogens with zero attached hydrogens (tertiary/aromatic N) is 1. The van der Waals surface area contributed by atoms with Crippen molar-refractivity contribution in [1.29, 1.82) is 0 Å². The third kappa shape index (κ3) is 3.23. The van der Waals surface area contributed by atoms with Gasteiger partial charge in [0.25, 0.3) is 0 Å². The van der Waals surface area contributed by atoms with Gasteiger partial charge in [0.15, 0.2) is 16.6 Å². The number of thiazole rings is 1. The number of hydrogen-bond acceptors (Lipinski definition) is 4. The van der Waals surface area contributed by atoms with Crippen LogP contribution in [0.15, 0.2) is 22.8 Å². The summed E-state index contributed by atoms with van der Waals surface area (Å²) in [5, 5.41) is -1.04. The Balaban J connectivity index is 2.45. The van der Waals surface area contributed by atoms with Crippen LogP contribution in [0.1, 0.15) is 21.5 Å². The highest BCUT2D eigenvalue weighted by molar-refractivity contribution is 9.10. The topological polar surface area (TPSA) is 50.9 Å². The first kappa shape index (κ1) is 16.3. The highest BCUT2D eigenvalue weighted by atomic mass is 79.9. The molecule has 2 rings (SSSR count). The molecule has 3 nitrogen and oxygen atoms in total. The van der Waals surface area contributed by atoms with Crippen LogP contribution in [-0.2, 0) is 6.18 Å². The summed E-state index contributed by atoms with van der Waals surface area (Å²) in [6.07, 6.45) is -3.58. The van der Waals surface area contributed by atoms with E-state index in [2.05, 4.69) is 26.3 Å². The third-order valence-electron chi connectivity index (χ3n) is 2.59. The van der Waals surface area contributed by atoms with Crippen molar-refractivity contribution in [1.82, 2.24) is 10.4 Å². The minimum atomic E-state index is -4.58. The maximum Gasteiger partial charge on any atom is 0.443 e. The molecule has 0 fully saturated rings. The van der Waals surface area contributed by atoms with Crippen molar-refractivity contribution in [3.63, 3.8) is 0 Å². The Morgan fingerprint density at radius 3 is 2.48 bits per heavy atom. The Hall–Kier alpha value is -1.10. The van der Waals surface area contributed by atoms with Gasteiger partial charge in [-0.2, -0.15) is 13.2 Å². The average molecular weight is 388 g/mol. The van der Waals surface area contributed by atoms with Crippen molar-refractivity contribution < 1.29 is 22.0 Å². The Morgan fingerprint density at radius 1 is 1.29 bits per heavy atom. The SMILES string of the molecule is NNC(c1cnc(C(F)(F)F)s1)c1ccc(F)c(F)c1Br. The predicted molar refractivity (Wildman–Crippen MR) is 70.3 cm³/mol. The summed E-state index contributed by atoms with van der Waals surface area (Å²) in [4.78, 5) is 3.39. The lowest BCUT2D eigenvalue weighted by Crippen LogP contribution is -2.28. The Kier molecular flexibility index (Phi) is 4.61. The van der Waals surface area contributed by atoms with Gasteiger partial charge in [0, 0.05) is 11.1 Å². The number of rotatable bonds is 3. The minimum absolute atomic E-state index is 0.122. The number of benzene rings is 1. The molecule has 3 N–H and O–H groups in total. The molecule has 0 radical (unpaired) electrons. The zero-order valence-corrected chi connectivity index (χ0v) is 12.4. The second-order valence-electron chi connectivity index (χ2n) is 3.93. The van der Waals surface area contributed by atoms with E-state index in [-0.39, 0.29) is 14.9 Å². The molecule has 10 heteroatoms. The van der Waals surface area contributed by atoms with Gasteiger partial charge in [-0.25, -0.2) is 19.2 Å². The molecule has 0 saturated carbocycles. The third-order valence-corrected chi connectivity index (χ3v) is 4.51. The summed E-state index contributed by atoms with van der Waals surface area (Å²) in [5.74, 6) is 3.10. The Bertz CT molecular complexity index is 658. The van der Waals surface area contributed by atoms with E-state index in [1.54, 1.807) is 0 Å². The lowest BCUT2D eigenvalue weighted by molar-refractivity contribution is -0.137. The van der Waals surface area contributed by atoms with Crippen LogP contribution in [0.4, 0.5) is 22.0 Å². The van der Waals surface area contributed by atoms with E-state index in [0.717, 1.165) is 12.3 Å². The molecule has 1 unspecified atom stereocenters. The van der Waals surface area contributed by atoms with E-state index in [0.29, 0.717) is 11.3 Å². The van der Waals surface area contributed by atoms with Gasteiger partial charge >= 0.3 is 6.18 Å². The first-order valence-corrected chi connectivity index (χ1v) is 6.99. The summed E-state index contributed by atoms with van der Waals surface area (Å²) in [5.41, 5.74) is 2.43. The van der Waals surface area contributed by atoms with E-state index >= 15 is 0 Å². The summed E-state index contributed by atoms with van der Waals surface area (Å²) < 4.78 is 64.0. The highest BCUT2D eigenvalue weighted by Crippen LogP contribution is 2.37. The van der Waals surface area contributed by atoms with Crippen molar-refractivity contribution in [2.45, 2.75) is 12.2 Å². The molecule has 0 bridgehead atoms. The second-order valence-corrected chi connectivity index (χ2v) is 5.79. The Labute approximate surface area is 128 Å². The fourth-order valence-corrected chi connectivity index (χ4v) is 3.05. The van der Waals surface area contributed by atoms with Gasteiger partial charge in [-0.1, -0.05) is 6.07 Å². The van der Waals surface area contributed by atoms with Crippen molar-refractivity contribution in [3.05, 3.63) is 49.9 Å². The molecular weight excluding hydrogens is 381 g/mol. The first-order valence-electron chi connectivity index (χ1n) is 5.38. The fourth-order valence-electron chi connectivity index (χ4n) is 1.64. The number of nitrogens with two attached hydrogens (primary N) is 1. The van der Waals surface area contributed by atoms with Crippen molar-refractivity contribution >= 4 is 27.3 Å². The number of hydrogen-bond donors (Lipinski definition) is 2. The normalized spacial score (nSPS) is 13.5. The van der Waals surface area contributed by atoms with Crippen molar-refractivity contribution in [2.24, 2.45) is 5.84 Å². The number of hydrazine groups is 1. The van der Waals surface area contributed by atoms with E-state index in [9.17, 15) is 22.0 Å². The molecule has 1 aromatic heterocycles. The Morgan fingerprint density at radius 2 is 1.95 bits per heavy atom. The van der Waals surface area contributed by atoms with Crippen molar-refractivity contribution in [2.75, 3.05) is 0 Å². The fraction of sp³-hybridized carbons (Fsp3) is 0.182. The molecule has 0 amide bonds. The average Bonchev–Trinajstić information content (AvgIpc) is 2.89. The molecule has 1 aromatic carbocycles. The predicted octanol–water partition coefficient (Wildman–Crippen LogP) is 3.76. The molecule has 2 aromatic rings. The van der Waals surface area contributed by atoms with E-state index in [1.807, 2.05) is 0 Å². The zero-order chi connectivity index (χ0) is 15.8. The molecule has 1 heterocycles. The van der Waals surface area contributed by atoms with E-state index < -0.39 is 28.9 Å². The van der Waals surface area contributed by atoms with Gasteiger partial charge in [0.1, 0.15) is 0 Å². The van der Waals surface area contributed by atoms with Crippen LogP contribution in [0.5, 0.6) is 0 Å². The van der Waals surface area contributed by atoms with Gasteiger partial charge < -0.3 is 0 Å². The molecule has 0 aliphatic heterocycles. The molecular formula is C11H7BrF5N3S. The lowest BCUT2D eigenvalue weighted by atomic mass is 10.1. The maximum absolute atomic E-state index is 13.5. The quantitative estimate of drug-likeness (QED) is 0.365. The number of alkyl halides is 3. The van der Waals surface area contributed by atoms with Crippen molar-refractivity contribution in [3.8, 4) is 0 Å². The standard InChI is InChI=1S/C11H7BrF5N3S/c12-7-4(1-2-5(13)8(7)14)9(20-18)6-3-19-10(21-6)11(15,16)17/h1-3,9,20H,18H2. The van der Waals surface area contributed by atoms with Gasteiger partial charge in [-0.05, 0) is 27.6 Å². The molecule has 0 spiro atoms. The molecule has 0 aliphatic rings. The molecule has 1 atom stereocenters. The van der Waals surface area contributed by atoms with Crippen LogP contribution >= 0.6 is 27.3 Å². The van der Waals surface area contributed by atoms with Crippen LogP contribution in [-0.4, -0.2) is 4.98 Å². The van der Waals surface area contributed by atoms with Gasteiger partial charge in [0.05, 0.1) is 10.5 Å². The molecule has 0 aliphatic carbocycles. The van der Waals surface area contributed by atoms with Gasteiger partial charge in [-0.3, -0.25) is 5.84 Å². The summed E-state index contributed by atoms with van der Waals surface area (Å²) >= 11 is 3.24. The maximum atomic E-state index is 13.5. The molecule has 21 heavy (non-hydrogen) atoms. The monoisotopic (exact) mass is 387 g/mol. The van der Waals surface area contributed by atoms with E-state index in [4.69, 9.17) is 5.84 Å². The number of halogens is 6. The van der Waals surface area contributed by atoms with Crippen LogP contribution < -0.4 is 11.3 Å². The molecule has 114 valence electrons. The van der Waals surface area contributed by atoms with Gasteiger partial charge in [0.2, 0.25) is 0 Å². The summed E-state index contributed by atoms with van der Waals surface area (Å²) in [7, 11) is 0.